The maximum absolute atomic E-state index is 14.5. The lowest BCUT2D eigenvalue weighted by molar-refractivity contribution is -0.206. The highest BCUT2D eigenvalue weighted by Gasteiger charge is 2.23. The largest absolute Gasteiger partial charge is 0.491 e. The zero-order valence-electron chi connectivity index (χ0n) is 22.5. The van der Waals surface area contributed by atoms with Gasteiger partial charge in [0.2, 0.25) is 0 Å². The molecule has 0 radical (unpaired) electrons. The van der Waals surface area contributed by atoms with Gasteiger partial charge in [0, 0.05) is 23.2 Å². The summed E-state index contributed by atoms with van der Waals surface area (Å²) < 4.78 is 32.1. The van der Waals surface area contributed by atoms with Gasteiger partial charge in [0.05, 0.1) is 25.5 Å². The van der Waals surface area contributed by atoms with Crippen LogP contribution in [0.2, 0.25) is 0 Å². The fraction of sp³-hybridized carbons (Fsp3) is 0.645. The molecule has 0 atom stereocenters. The average molecular weight is 500 g/mol. The van der Waals surface area contributed by atoms with Gasteiger partial charge in [-0.05, 0) is 37.1 Å². The van der Waals surface area contributed by atoms with Crippen molar-refractivity contribution >= 4 is 0 Å². The second-order valence-electron chi connectivity index (χ2n) is 10.2. The van der Waals surface area contributed by atoms with Crippen molar-refractivity contribution < 1.29 is 18.6 Å². The molecular weight excluding hydrogens is 453 g/mol. The molecule has 0 saturated carbocycles. The van der Waals surface area contributed by atoms with Crippen molar-refractivity contribution in [3.8, 4) is 17.0 Å². The molecule has 0 amide bonds. The van der Waals surface area contributed by atoms with E-state index in [1.165, 1.54) is 76.7 Å². The molecule has 2 heterocycles. The van der Waals surface area contributed by atoms with Crippen molar-refractivity contribution in [2.75, 3.05) is 19.8 Å². The summed E-state index contributed by atoms with van der Waals surface area (Å²) in [5, 5.41) is 0. The quantitative estimate of drug-likeness (QED) is 0.204. The Morgan fingerprint density at radius 1 is 0.833 bits per heavy atom. The number of ether oxygens (including phenoxy) is 3. The predicted molar refractivity (Wildman–Crippen MR) is 145 cm³/mol. The maximum atomic E-state index is 14.5. The topological polar surface area (TPSA) is 40.6 Å². The molecule has 3 rings (SSSR count). The van der Waals surface area contributed by atoms with Gasteiger partial charge in [-0.1, -0.05) is 90.5 Å². The van der Waals surface area contributed by atoms with Gasteiger partial charge in [-0.25, -0.2) is 4.39 Å². The lowest BCUT2D eigenvalue weighted by Gasteiger charge is -2.29. The summed E-state index contributed by atoms with van der Waals surface area (Å²) in [5.41, 5.74) is 2.35. The zero-order valence-corrected chi connectivity index (χ0v) is 22.5. The molecule has 1 saturated heterocycles. The summed E-state index contributed by atoms with van der Waals surface area (Å²) in [6.07, 6.45) is 17.7. The lowest BCUT2D eigenvalue weighted by atomic mass is 10.0. The molecule has 2 aromatic rings. The highest BCUT2D eigenvalue weighted by Crippen LogP contribution is 2.29. The van der Waals surface area contributed by atoms with E-state index in [2.05, 4.69) is 18.8 Å². The van der Waals surface area contributed by atoms with Crippen molar-refractivity contribution in [3.05, 3.63) is 47.9 Å². The normalized spacial score (nSPS) is 17.9. The highest BCUT2D eigenvalue weighted by molar-refractivity contribution is 5.60. The number of hydrogen-bond acceptors (Lipinski definition) is 4. The molecule has 1 aliphatic heterocycles. The monoisotopic (exact) mass is 499 g/mol. The third-order valence-corrected chi connectivity index (χ3v) is 6.97. The van der Waals surface area contributed by atoms with Crippen LogP contribution >= 0.6 is 0 Å². The summed E-state index contributed by atoms with van der Waals surface area (Å²) in [5.74, 6) is 0.427. The number of benzene rings is 1. The molecule has 5 heteroatoms. The standard InChI is InChI=1S/C31H46FNO3/c1-3-5-7-9-10-11-12-13-15-25-23-35-31(36-24-25)27-16-18-29(33-22-27)26-17-19-30(28(32)21-26)34-20-14-8-6-4-2/h16-19,21-22,25,31H,3-15,20,23-24H2,1-2H3/t25-,31-. The van der Waals surface area contributed by atoms with Crippen molar-refractivity contribution in [3.63, 3.8) is 0 Å². The first-order valence-electron chi connectivity index (χ1n) is 14.3. The van der Waals surface area contributed by atoms with Crippen LogP contribution in [0.15, 0.2) is 36.5 Å². The second kappa shape index (κ2) is 16.7. The Balaban J connectivity index is 1.38. The number of rotatable bonds is 17. The molecule has 1 fully saturated rings. The summed E-state index contributed by atoms with van der Waals surface area (Å²) in [7, 11) is 0. The van der Waals surface area contributed by atoms with Crippen LogP contribution in [0.5, 0.6) is 5.75 Å². The Labute approximate surface area is 218 Å². The van der Waals surface area contributed by atoms with E-state index >= 15 is 0 Å². The van der Waals surface area contributed by atoms with Crippen LogP contribution in [-0.2, 0) is 9.47 Å². The summed E-state index contributed by atoms with van der Waals surface area (Å²) in [4.78, 5) is 4.54. The van der Waals surface area contributed by atoms with Crippen LogP contribution in [0.4, 0.5) is 4.39 Å². The van der Waals surface area contributed by atoms with Crippen LogP contribution in [0, 0.1) is 11.7 Å². The molecule has 1 aromatic heterocycles. The number of hydrogen-bond donors (Lipinski definition) is 0. The smallest absolute Gasteiger partial charge is 0.185 e. The summed E-state index contributed by atoms with van der Waals surface area (Å²) in [6, 6.07) is 8.90. The van der Waals surface area contributed by atoms with Gasteiger partial charge in [-0.15, -0.1) is 0 Å². The molecule has 1 aliphatic rings. The molecular formula is C31H46FNO3. The van der Waals surface area contributed by atoms with Gasteiger partial charge in [-0.2, -0.15) is 0 Å². The first kappa shape index (κ1) is 28.6. The van der Waals surface area contributed by atoms with Crippen LogP contribution in [0.3, 0.4) is 0 Å². The fourth-order valence-corrected chi connectivity index (χ4v) is 4.67. The van der Waals surface area contributed by atoms with Crippen molar-refractivity contribution in [2.24, 2.45) is 5.92 Å². The van der Waals surface area contributed by atoms with Crippen LogP contribution in [0.1, 0.15) is 109 Å². The van der Waals surface area contributed by atoms with Gasteiger partial charge < -0.3 is 14.2 Å². The second-order valence-corrected chi connectivity index (χ2v) is 10.2. The van der Waals surface area contributed by atoms with Gasteiger partial charge in [0.1, 0.15) is 0 Å². The van der Waals surface area contributed by atoms with Crippen LogP contribution in [0.25, 0.3) is 11.3 Å². The molecule has 0 spiro atoms. The van der Waals surface area contributed by atoms with E-state index in [4.69, 9.17) is 14.2 Å². The first-order valence-corrected chi connectivity index (χ1v) is 14.3. The molecule has 0 unspecified atom stereocenters. The predicted octanol–water partition coefficient (Wildman–Crippen LogP) is 9.04. The van der Waals surface area contributed by atoms with Crippen molar-refractivity contribution in [1.29, 1.82) is 0 Å². The van der Waals surface area contributed by atoms with E-state index in [-0.39, 0.29) is 12.1 Å². The number of nitrogens with zero attached hydrogens (tertiary/aromatic N) is 1. The Kier molecular flexibility index (Phi) is 13.3. The molecule has 36 heavy (non-hydrogen) atoms. The molecule has 0 aliphatic carbocycles. The highest BCUT2D eigenvalue weighted by atomic mass is 19.1. The minimum absolute atomic E-state index is 0.303. The van der Waals surface area contributed by atoms with Crippen molar-refractivity contribution in [2.45, 2.75) is 104 Å². The van der Waals surface area contributed by atoms with E-state index in [1.807, 2.05) is 18.2 Å². The van der Waals surface area contributed by atoms with Gasteiger partial charge >= 0.3 is 0 Å². The fourth-order valence-electron chi connectivity index (χ4n) is 4.67. The Morgan fingerprint density at radius 3 is 2.14 bits per heavy atom. The minimum Gasteiger partial charge on any atom is -0.491 e. The third-order valence-electron chi connectivity index (χ3n) is 6.97. The number of aromatic nitrogens is 1. The molecule has 1 aromatic carbocycles. The number of unbranched alkanes of at least 4 members (excludes halogenated alkanes) is 10. The van der Waals surface area contributed by atoms with Crippen LogP contribution in [-0.4, -0.2) is 24.8 Å². The zero-order chi connectivity index (χ0) is 25.4. The third kappa shape index (κ3) is 9.82. The van der Waals surface area contributed by atoms with E-state index in [1.54, 1.807) is 12.3 Å². The number of pyridine rings is 1. The minimum atomic E-state index is -0.374. The SMILES string of the molecule is CCCCCCCCCC[C@H]1CO[C@H](c2ccc(-c3ccc(OCCCCCC)c(F)c3)nc2)OC1. The first-order chi connectivity index (χ1) is 17.7. The Bertz CT molecular complexity index is 849. The van der Waals surface area contributed by atoms with E-state index in [9.17, 15) is 4.39 Å². The van der Waals surface area contributed by atoms with Crippen molar-refractivity contribution in [1.82, 2.24) is 4.98 Å². The molecule has 0 N–H and O–H groups in total. The summed E-state index contributed by atoms with van der Waals surface area (Å²) in [6.45, 7) is 6.44. The Hall–Kier alpha value is -1.98. The molecule has 4 nitrogen and oxygen atoms in total. The molecule has 200 valence electrons. The van der Waals surface area contributed by atoms with E-state index in [0.717, 1.165) is 42.9 Å². The van der Waals surface area contributed by atoms with E-state index in [0.29, 0.717) is 18.3 Å². The lowest BCUT2D eigenvalue weighted by Crippen LogP contribution is -2.27. The van der Waals surface area contributed by atoms with Crippen LogP contribution < -0.4 is 4.74 Å². The van der Waals surface area contributed by atoms with Gasteiger partial charge in [-0.3, -0.25) is 4.98 Å². The molecule has 0 bridgehead atoms. The summed E-state index contributed by atoms with van der Waals surface area (Å²) >= 11 is 0. The van der Waals surface area contributed by atoms with Gasteiger partial charge in [0.15, 0.2) is 17.9 Å². The average Bonchev–Trinajstić information content (AvgIpc) is 2.91. The van der Waals surface area contributed by atoms with E-state index < -0.39 is 0 Å². The Morgan fingerprint density at radius 2 is 1.50 bits per heavy atom. The van der Waals surface area contributed by atoms with Gasteiger partial charge in [0.25, 0.3) is 0 Å². The number of halogens is 1. The maximum Gasteiger partial charge on any atom is 0.185 e.